The molecule has 172 valence electrons. The number of aromatic nitrogens is 1. The Hall–Kier alpha value is -2.90. The van der Waals surface area contributed by atoms with Gasteiger partial charge in [0.25, 0.3) is 0 Å². The molecule has 1 aromatic heterocycles. The van der Waals surface area contributed by atoms with Gasteiger partial charge >= 0.3 is 12.1 Å². The molecule has 1 aliphatic rings. The van der Waals surface area contributed by atoms with Crippen LogP contribution in [0.2, 0.25) is 0 Å². The van der Waals surface area contributed by atoms with E-state index in [0.717, 1.165) is 6.07 Å². The summed E-state index contributed by atoms with van der Waals surface area (Å²) >= 11 is 0. The van der Waals surface area contributed by atoms with Crippen molar-refractivity contribution in [2.45, 2.75) is 59.2 Å². The monoisotopic (exact) mass is 448 g/mol. The summed E-state index contributed by atoms with van der Waals surface area (Å²) in [4.78, 5) is 22.2. The molecule has 2 unspecified atom stereocenters. The van der Waals surface area contributed by atoms with Crippen LogP contribution in [0.3, 0.4) is 0 Å². The number of aryl methyl sites for hydroxylation is 1. The van der Waals surface area contributed by atoms with Gasteiger partial charge in [-0.1, -0.05) is 25.1 Å². The van der Waals surface area contributed by atoms with E-state index in [-0.39, 0.29) is 24.2 Å². The maximum atomic E-state index is 14.0. The summed E-state index contributed by atoms with van der Waals surface area (Å²) < 4.78 is 53.3. The molecule has 8 heteroatoms. The Morgan fingerprint density at radius 3 is 2.47 bits per heavy atom. The lowest BCUT2D eigenvalue weighted by atomic mass is 9.73. The minimum absolute atomic E-state index is 0.0267. The zero-order valence-corrected chi connectivity index (χ0v) is 18.8. The summed E-state index contributed by atoms with van der Waals surface area (Å²) in [6.07, 6.45) is -2.90. The van der Waals surface area contributed by atoms with E-state index in [2.05, 4.69) is 4.98 Å². The van der Waals surface area contributed by atoms with Crippen molar-refractivity contribution in [3.63, 3.8) is 0 Å². The van der Waals surface area contributed by atoms with Crippen LogP contribution in [0.25, 0.3) is 0 Å². The number of benzene rings is 1. The lowest BCUT2D eigenvalue weighted by Gasteiger charge is -2.34. The number of ether oxygens (including phenoxy) is 2. The van der Waals surface area contributed by atoms with Crippen LogP contribution >= 0.6 is 0 Å². The first-order valence-corrected chi connectivity index (χ1v) is 10.7. The van der Waals surface area contributed by atoms with Crippen LogP contribution in [-0.4, -0.2) is 29.4 Å². The van der Waals surface area contributed by atoms with Gasteiger partial charge in [-0.15, -0.1) is 0 Å². The minimum atomic E-state index is -4.60. The quantitative estimate of drug-likeness (QED) is 0.508. The number of nitrogens with zero attached hydrogens (tertiary/aromatic N) is 2. The third-order valence-corrected chi connectivity index (χ3v) is 5.34. The van der Waals surface area contributed by atoms with E-state index in [4.69, 9.17) is 14.5 Å². The highest BCUT2D eigenvalue weighted by Crippen LogP contribution is 2.50. The molecule has 2 atom stereocenters. The van der Waals surface area contributed by atoms with Gasteiger partial charge < -0.3 is 9.47 Å². The fourth-order valence-corrected chi connectivity index (χ4v) is 4.08. The average molecular weight is 448 g/mol. The van der Waals surface area contributed by atoms with Gasteiger partial charge in [-0.3, -0.25) is 9.79 Å². The molecule has 0 bridgehead atoms. The van der Waals surface area contributed by atoms with E-state index in [0.29, 0.717) is 28.9 Å². The molecule has 0 spiro atoms. The summed E-state index contributed by atoms with van der Waals surface area (Å²) in [5, 5.41) is 0. The van der Waals surface area contributed by atoms with E-state index in [1.807, 2.05) is 6.92 Å². The number of aliphatic imine (C=N–C) groups is 1. The number of alkyl halides is 3. The first-order valence-electron chi connectivity index (χ1n) is 10.7. The standard InChI is InChI=1S/C24H27F3N2O3/c1-6-17-19(23(30)31-7-2)18(15-10-8-9-11-16(15)24(25,26)27)20-21(29-17)14(5)12-28-22(20)32-13(3)4/h8-13,18-19H,6-7H2,1-5H3. The van der Waals surface area contributed by atoms with Crippen molar-refractivity contribution in [3.8, 4) is 5.88 Å². The molecule has 0 N–H and O–H groups in total. The second-order valence-corrected chi connectivity index (χ2v) is 7.92. The Balaban J connectivity index is 2.40. The summed E-state index contributed by atoms with van der Waals surface area (Å²) in [5.41, 5.74) is 1.21. The van der Waals surface area contributed by atoms with Crippen LogP contribution in [0.4, 0.5) is 18.9 Å². The molecule has 0 radical (unpaired) electrons. The van der Waals surface area contributed by atoms with Crippen LogP contribution in [0.15, 0.2) is 35.5 Å². The number of halogens is 3. The van der Waals surface area contributed by atoms with E-state index >= 15 is 0 Å². The van der Waals surface area contributed by atoms with Gasteiger partial charge in [0.2, 0.25) is 5.88 Å². The van der Waals surface area contributed by atoms with Gasteiger partial charge in [-0.25, -0.2) is 4.98 Å². The van der Waals surface area contributed by atoms with Crippen LogP contribution in [-0.2, 0) is 15.7 Å². The number of rotatable bonds is 6. The molecule has 3 rings (SSSR count). The van der Waals surface area contributed by atoms with Gasteiger partial charge in [0.15, 0.2) is 0 Å². The average Bonchev–Trinajstić information content (AvgIpc) is 2.73. The number of fused-ring (bicyclic) bond motifs is 1. The van der Waals surface area contributed by atoms with Gasteiger partial charge in [-0.05, 0) is 51.3 Å². The Labute approximate surface area is 185 Å². The fraction of sp³-hybridized carbons (Fsp3) is 0.458. The molecule has 0 saturated carbocycles. The van der Waals surface area contributed by atoms with E-state index < -0.39 is 29.5 Å². The molecular formula is C24H27F3N2O3. The highest BCUT2D eigenvalue weighted by Gasteiger charge is 2.46. The highest BCUT2D eigenvalue weighted by atomic mass is 19.4. The molecular weight excluding hydrogens is 421 g/mol. The predicted octanol–water partition coefficient (Wildman–Crippen LogP) is 6.00. The van der Waals surface area contributed by atoms with Gasteiger partial charge in [0, 0.05) is 23.4 Å². The van der Waals surface area contributed by atoms with Crippen LogP contribution < -0.4 is 4.74 Å². The summed E-state index contributed by atoms with van der Waals surface area (Å²) in [7, 11) is 0. The Morgan fingerprint density at radius 2 is 1.88 bits per heavy atom. The molecule has 0 aliphatic carbocycles. The van der Waals surface area contributed by atoms with Gasteiger partial charge in [0.05, 0.1) is 24.0 Å². The van der Waals surface area contributed by atoms with Crippen molar-refractivity contribution in [2.24, 2.45) is 10.9 Å². The zero-order chi connectivity index (χ0) is 23.6. The summed E-state index contributed by atoms with van der Waals surface area (Å²) in [6.45, 7) is 8.99. The fourth-order valence-electron chi connectivity index (χ4n) is 4.08. The van der Waals surface area contributed by atoms with Crippen LogP contribution in [0, 0.1) is 12.8 Å². The lowest BCUT2D eigenvalue weighted by molar-refractivity contribution is -0.147. The third-order valence-electron chi connectivity index (χ3n) is 5.34. The number of carbonyl (C=O) groups is 1. The molecule has 5 nitrogen and oxygen atoms in total. The molecule has 32 heavy (non-hydrogen) atoms. The van der Waals surface area contributed by atoms with E-state index in [9.17, 15) is 18.0 Å². The van der Waals surface area contributed by atoms with Crippen LogP contribution in [0.1, 0.15) is 62.3 Å². The Bertz CT molecular complexity index is 1030. The second-order valence-electron chi connectivity index (χ2n) is 7.92. The first-order chi connectivity index (χ1) is 15.1. The maximum absolute atomic E-state index is 14.0. The van der Waals surface area contributed by atoms with Gasteiger partial charge in [0.1, 0.15) is 5.92 Å². The molecule has 0 saturated heterocycles. The van der Waals surface area contributed by atoms with E-state index in [1.54, 1.807) is 33.9 Å². The normalized spacial score (nSPS) is 18.2. The van der Waals surface area contributed by atoms with Crippen molar-refractivity contribution < 1.29 is 27.4 Å². The smallest absolute Gasteiger partial charge is 0.416 e. The zero-order valence-electron chi connectivity index (χ0n) is 18.8. The first kappa shape index (κ1) is 23.8. The maximum Gasteiger partial charge on any atom is 0.416 e. The number of hydrogen-bond donors (Lipinski definition) is 0. The number of carbonyl (C=O) groups excluding carboxylic acids is 1. The molecule has 1 aromatic carbocycles. The highest BCUT2D eigenvalue weighted by molar-refractivity contribution is 6.06. The molecule has 2 aromatic rings. The van der Waals surface area contributed by atoms with Crippen molar-refractivity contribution in [1.29, 1.82) is 0 Å². The second kappa shape index (κ2) is 9.30. The van der Waals surface area contributed by atoms with Crippen molar-refractivity contribution in [1.82, 2.24) is 4.98 Å². The topological polar surface area (TPSA) is 60.8 Å². The van der Waals surface area contributed by atoms with Crippen molar-refractivity contribution >= 4 is 17.4 Å². The number of hydrogen-bond acceptors (Lipinski definition) is 5. The largest absolute Gasteiger partial charge is 0.475 e. The summed E-state index contributed by atoms with van der Waals surface area (Å²) in [5.74, 6) is -2.46. The van der Waals surface area contributed by atoms with Crippen molar-refractivity contribution in [2.75, 3.05) is 6.61 Å². The third kappa shape index (κ3) is 4.49. The number of esters is 1. The number of pyridine rings is 1. The lowest BCUT2D eigenvalue weighted by Crippen LogP contribution is -2.36. The molecule has 0 fully saturated rings. The SMILES string of the molecule is CCOC(=O)C1C(CC)=Nc2c(C)cnc(OC(C)C)c2C1c1ccccc1C(F)(F)F. The minimum Gasteiger partial charge on any atom is -0.475 e. The molecule has 0 amide bonds. The Kier molecular flexibility index (Phi) is 6.91. The van der Waals surface area contributed by atoms with Crippen LogP contribution in [0.5, 0.6) is 5.88 Å². The van der Waals surface area contributed by atoms with Gasteiger partial charge in [-0.2, -0.15) is 13.2 Å². The summed E-state index contributed by atoms with van der Waals surface area (Å²) in [6, 6.07) is 5.31. The molecule has 1 aliphatic heterocycles. The van der Waals surface area contributed by atoms with E-state index in [1.165, 1.54) is 18.2 Å². The Morgan fingerprint density at radius 1 is 1.19 bits per heavy atom. The van der Waals surface area contributed by atoms with Crippen molar-refractivity contribution in [3.05, 3.63) is 52.7 Å². The predicted molar refractivity (Wildman–Crippen MR) is 116 cm³/mol. The molecule has 2 heterocycles.